The molecule has 0 spiro atoms. The standard InChI is InChI=1S/C14H18N4O.ClH/c1-11-8-10-18(17-11)13-6-4-3-5-12(13)16-14(19)7-9-15-2;/h3-6,8,10,15H,7,9H2,1-2H3,(H,16,19);1H. The first-order valence-corrected chi connectivity index (χ1v) is 6.27. The van der Waals surface area contributed by atoms with Crippen LogP contribution in [0.2, 0.25) is 0 Å². The van der Waals surface area contributed by atoms with Crippen LogP contribution in [0, 0.1) is 6.92 Å². The summed E-state index contributed by atoms with van der Waals surface area (Å²) in [6.07, 6.45) is 2.33. The Hall–Kier alpha value is -1.85. The van der Waals surface area contributed by atoms with Gasteiger partial charge in [0.05, 0.1) is 17.1 Å². The number of para-hydroxylation sites is 2. The van der Waals surface area contributed by atoms with Crippen LogP contribution >= 0.6 is 12.4 Å². The molecule has 0 aliphatic heterocycles. The van der Waals surface area contributed by atoms with Crippen molar-refractivity contribution in [3.8, 4) is 5.69 Å². The lowest BCUT2D eigenvalue weighted by Gasteiger charge is -2.10. The van der Waals surface area contributed by atoms with Gasteiger partial charge in [-0.25, -0.2) is 4.68 Å². The van der Waals surface area contributed by atoms with Crippen LogP contribution in [0.15, 0.2) is 36.5 Å². The Morgan fingerprint density at radius 1 is 1.30 bits per heavy atom. The van der Waals surface area contributed by atoms with Crippen LogP contribution in [0.4, 0.5) is 5.69 Å². The summed E-state index contributed by atoms with van der Waals surface area (Å²) in [6, 6.07) is 9.56. The molecule has 108 valence electrons. The van der Waals surface area contributed by atoms with E-state index in [4.69, 9.17) is 0 Å². The minimum absolute atomic E-state index is 0. The van der Waals surface area contributed by atoms with Gasteiger partial charge in [0.2, 0.25) is 5.91 Å². The van der Waals surface area contributed by atoms with Crippen molar-refractivity contribution >= 4 is 24.0 Å². The number of aryl methyl sites for hydroxylation is 1. The van der Waals surface area contributed by atoms with E-state index in [1.807, 2.05) is 50.5 Å². The molecule has 1 aromatic heterocycles. The molecular formula is C14H19ClN4O. The molecule has 0 bridgehead atoms. The van der Waals surface area contributed by atoms with Gasteiger partial charge in [-0.2, -0.15) is 5.10 Å². The van der Waals surface area contributed by atoms with Gasteiger partial charge in [-0.1, -0.05) is 12.1 Å². The smallest absolute Gasteiger partial charge is 0.225 e. The zero-order valence-corrected chi connectivity index (χ0v) is 12.4. The van der Waals surface area contributed by atoms with E-state index in [1.54, 1.807) is 4.68 Å². The SMILES string of the molecule is CNCCC(=O)Nc1ccccc1-n1ccc(C)n1.Cl. The largest absolute Gasteiger partial charge is 0.324 e. The van der Waals surface area contributed by atoms with Crippen LogP contribution in [-0.2, 0) is 4.79 Å². The van der Waals surface area contributed by atoms with Crippen LogP contribution in [-0.4, -0.2) is 29.3 Å². The number of hydrogen-bond donors (Lipinski definition) is 2. The third-order valence-electron chi connectivity index (χ3n) is 2.75. The van der Waals surface area contributed by atoms with Crippen molar-refractivity contribution in [1.82, 2.24) is 15.1 Å². The second-order valence-corrected chi connectivity index (χ2v) is 4.32. The van der Waals surface area contributed by atoms with E-state index in [0.717, 1.165) is 17.1 Å². The highest BCUT2D eigenvalue weighted by Crippen LogP contribution is 2.19. The van der Waals surface area contributed by atoms with E-state index in [0.29, 0.717) is 13.0 Å². The maximum Gasteiger partial charge on any atom is 0.225 e. The van der Waals surface area contributed by atoms with Gasteiger partial charge in [0.1, 0.15) is 0 Å². The molecule has 0 saturated heterocycles. The second kappa shape index (κ2) is 7.67. The topological polar surface area (TPSA) is 59.0 Å². The highest BCUT2D eigenvalue weighted by atomic mass is 35.5. The molecule has 0 aliphatic carbocycles. The predicted molar refractivity (Wildman–Crippen MR) is 82.7 cm³/mol. The van der Waals surface area contributed by atoms with Crippen molar-refractivity contribution in [2.24, 2.45) is 0 Å². The lowest BCUT2D eigenvalue weighted by molar-refractivity contribution is -0.116. The van der Waals surface area contributed by atoms with Gasteiger partial charge in [-0.15, -0.1) is 12.4 Å². The van der Waals surface area contributed by atoms with Crippen LogP contribution in [0.25, 0.3) is 5.69 Å². The minimum atomic E-state index is -0.00863. The third-order valence-corrected chi connectivity index (χ3v) is 2.75. The lowest BCUT2D eigenvalue weighted by Crippen LogP contribution is -2.19. The van der Waals surface area contributed by atoms with Gasteiger partial charge in [-0.3, -0.25) is 4.79 Å². The summed E-state index contributed by atoms with van der Waals surface area (Å²) in [5.74, 6) is -0.00863. The number of anilines is 1. The van der Waals surface area contributed by atoms with Gasteiger partial charge >= 0.3 is 0 Å². The number of nitrogens with zero attached hydrogens (tertiary/aromatic N) is 2. The van der Waals surface area contributed by atoms with E-state index in [9.17, 15) is 4.79 Å². The molecule has 0 saturated carbocycles. The summed E-state index contributed by atoms with van der Waals surface area (Å²) < 4.78 is 1.77. The predicted octanol–water partition coefficient (Wildman–Crippen LogP) is 2.15. The number of rotatable bonds is 5. The summed E-state index contributed by atoms with van der Waals surface area (Å²) in [4.78, 5) is 11.8. The van der Waals surface area contributed by atoms with E-state index < -0.39 is 0 Å². The van der Waals surface area contributed by atoms with E-state index >= 15 is 0 Å². The Balaban J connectivity index is 0.00000200. The van der Waals surface area contributed by atoms with Crippen LogP contribution < -0.4 is 10.6 Å². The number of amides is 1. The Morgan fingerprint density at radius 2 is 2.05 bits per heavy atom. The first-order valence-electron chi connectivity index (χ1n) is 6.27. The molecule has 1 amide bonds. The average Bonchev–Trinajstić information content (AvgIpc) is 2.83. The number of halogens is 1. The molecule has 2 aromatic rings. The monoisotopic (exact) mass is 294 g/mol. The Morgan fingerprint density at radius 3 is 2.70 bits per heavy atom. The molecule has 1 aromatic carbocycles. The van der Waals surface area contributed by atoms with Gasteiger partial charge in [0.25, 0.3) is 0 Å². The molecule has 0 unspecified atom stereocenters. The lowest BCUT2D eigenvalue weighted by atomic mass is 10.2. The van der Waals surface area contributed by atoms with Crippen molar-refractivity contribution < 1.29 is 4.79 Å². The highest BCUT2D eigenvalue weighted by molar-refractivity contribution is 5.92. The molecule has 2 rings (SSSR count). The Bertz CT molecular complexity index is 568. The molecule has 0 atom stereocenters. The summed E-state index contributed by atoms with van der Waals surface area (Å²) in [6.45, 7) is 2.60. The molecule has 0 aliphatic rings. The third kappa shape index (κ3) is 4.08. The maximum atomic E-state index is 11.8. The molecule has 5 nitrogen and oxygen atoms in total. The zero-order chi connectivity index (χ0) is 13.7. The fraction of sp³-hybridized carbons (Fsp3) is 0.286. The molecule has 2 N–H and O–H groups in total. The van der Waals surface area contributed by atoms with E-state index in [1.165, 1.54) is 0 Å². The zero-order valence-electron chi connectivity index (χ0n) is 11.6. The molecule has 6 heteroatoms. The van der Waals surface area contributed by atoms with Crippen molar-refractivity contribution in [3.05, 3.63) is 42.2 Å². The average molecular weight is 295 g/mol. The minimum Gasteiger partial charge on any atom is -0.324 e. The number of aromatic nitrogens is 2. The van der Waals surface area contributed by atoms with E-state index in [2.05, 4.69) is 15.7 Å². The van der Waals surface area contributed by atoms with E-state index in [-0.39, 0.29) is 18.3 Å². The van der Waals surface area contributed by atoms with Gasteiger partial charge < -0.3 is 10.6 Å². The first kappa shape index (κ1) is 16.2. The van der Waals surface area contributed by atoms with Crippen LogP contribution in [0.1, 0.15) is 12.1 Å². The fourth-order valence-electron chi connectivity index (χ4n) is 1.78. The van der Waals surface area contributed by atoms with Crippen molar-refractivity contribution in [2.75, 3.05) is 18.9 Å². The molecule has 0 fully saturated rings. The number of nitrogens with one attached hydrogen (secondary N) is 2. The molecule has 20 heavy (non-hydrogen) atoms. The van der Waals surface area contributed by atoms with Gasteiger partial charge in [0.15, 0.2) is 0 Å². The summed E-state index contributed by atoms with van der Waals surface area (Å²) in [7, 11) is 1.83. The van der Waals surface area contributed by atoms with Crippen LogP contribution in [0.5, 0.6) is 0 Å². The van der Waals surface area contributed by atoms with Crippen molar-refractivity contribution in [3.63, 3.8) is 0 Å². The summed E-state index contributed by atoms with van der Waals surface area (Å²) in [5.41, 5.74) is 2.58. The highest BCUT2D eigenvalue weighted by Gasteiger charge is 2.08. The number of benzene rings is 1. The van der Waals surface area contributed by atoms with Crippen LogP contribution in [0.3, 0.4) is 0 Å². The second-order valence-electron chi connectivity index (χ2n) is 4.32. The maximum absolute atomic E-state index is 11.8. The first-order chi connectivity index (χ1) is 9.20. The van der Waals surface area contributed by atoms with Crippen molar-refractivity contribution in [1.29, 1.82) is 0 Å². The molecule has 1 heterocycles. The summed E-state index contributed by atoms with van der Waals surface area (Å²) >= 11 is 0. The quantitative estimate of drug-likeness (QED) is 0.888. The number of carbonyl (C=O) groups is 1. The fourth-order valence-corrected chi connectivity index (χ4v) is 1.78. The number of hydrogen-bond acceptors (Lipinski definition) is 3. The molecular weight excluding hydrogens is 276 g/mol. The Labute approximate surface area is 124 Å². The molecule has 0 radical (unpaired) electrons. The number of carbonyl (C=O) groups excluding carboxylic acids is 1. The Kier molecular flexibility index (Phi) is 6.21. The summed E-state index contributed by atoms with van der Waals surface area (Å²) in [5, 5.41) is 10.2. The normalized spacial score (nSPS) is 9.90. The van der Waals surface area contributed by atoms with Gasteiger partial charge in [-0.05, 0) is 32.2 Å². The van der Waals surface area contributed by atoms with Crippen molar-refractivity contribution in [2.45, 2.75) is 13.3 Å². The van der Waals surface area contributed by atoms with Gasteiger partial charge in [0, 0.05) is 19.2 Å².